The Balaban J connectivity index is 1.80. The quantitative estimate of drug-likeness (QED) is 0.428. The molecule has 5 nitrogen and oxygen atoms in total. The second-order valence-corrected chi connectivity index (χ2v) is 7.84. The van der Waals surface area contributed by atoms with Crippen LogP contribution < -0.4 is 4.90 Å². The van der Waals surface area contributed by atoms with Crippen LogP contribution >= 0.6 is 0 Å². The number of amides is 2. The Morgan fingerprint density at radius 1 is 0.706 bits per heavy atom. The van der Waals surface area contributed by atoms with Crippen LogP contribution in [0.15, 0.2) is 120 Å². The fourth-order valence-electron chi connectivity index (χ4n) is 4.32. The molecule has 1 unspecified atom stereocenters. The molecule has 0 saturated heterocycles. The van der Waals surface area contributed by atoms with E-state index in [1.807, 2.05) is 24.3 Å². The van der Waals surface area contributed by atoms with E-state index in [1.54, 1.807) is 91.0 Å². The molecule has 5 heteroatoms. The van der Waals surface area contributed by atoms with Gasteiger partial charge in [-0.05, 0) is 35.9 Å². The topological polar surface area (TPSA) is 73.5 Å². The number of fused-ring (bicyclic) bond motifs is 1. The molecule has 0 N–H and O–H groups in total. The van der Waals surface area contributed by atoms with E-state index in [-0.39, 0.29) is 11.6 Å². The van der Waals surface area contributed by atoms with Crippen molar-refractivity contribution in [3.63, 3.8) is 0 Å². The molecular weight excluding hydrogens is 422 g/mol. The summed E-state index contributed by atoms with van der Waals surface area (Å²) in [6, 6.07) is 36.1. The van der Waals surface area contributed by atoms with Gasteiger partial charge in [-0.15, -0.1) is 0 Å². The van der Waals surface area contributed by atoms with Crippen molar-refractivity contribution in [3.8, 4) is 6.07 Å². The first-order valence-corrected chi connectivity index (χ1v) is 10.8. The number of para-hydroxylation sites is 1. The van der Waals surface area contributed by atoms with Crippen molar-refractivity contribution in [3.05, 3.63) is 138 Å². The Kier molecular flexibility index (Phi) is 5.33. The highest BCUT2D eigenvalue weighted by molar-refractivity contribution is 6.29. The van der Waals surface area contributed by atoms with Gasteiger partial charge in [-0.3, -0.25) is 14.5 Å². The molecule has 0 bridgehead atoms. The maximum Gasteiger partial charge on any atom is 0.277 e. The van der Waals surface area contributed by atoms with Crippen LogP contribution in [0.1, 0.15) is 31.8 Å². The van der Waals surface area contributed by atoms with Gasteiger partial charge in [-0.1, -0.05) is 84.9 Å². The summed E-state index contributed by atoms with van der Waals surface area (Å²) in [4.78, 5) is 33.0. The van der Waals surface area contributed by atoms with Crippen LogP contribution in [-0.4, -0.2) is 17.5 Å². The zero-order valence-electron chi connectivity index (χ0n) is 18.1. The second kappa shape index (κ2) is 8.61. The smallest absolute Gasteiger partial charge is 0.277 e. The van der Waals surface area contributed by atoms with Gasteiger partial charge in [0.1, 0.15) is 6.07 Å². The fraction of sp³-hybridized carbons (Fsp3) is 0.0345. The largest absolute Gasteiger partial charge is 0.279 e. The number of carbonyl (C=O) groups is 2. The Bertz CT molecular complexity index is 1440. The van der Waals surface area contributed by atoms with Crippen LogP contribution in [0.25, 0.3) is 0 Å². The number of hydrogen-bond donors (Lipinski definition) is 0. The minimum Gasteiger partial charge on any atom is -0.279 e. The van der Waals surface area contributed by atoms with Gasteiger partial charge in [0.05, 0.1) is 11.4 Å². The molecule has 2 amide bonds. The van der Waals surface area contributed by atoms with Crippen LogP contribution in [-0.2, 0) is 5.54 Å². The van der Waals surface area contributed by atoms with E-state index < -0.39 is 11.4 Å². The molecule has 1 heterocycles. The lowest BCUT2D eigenvalue weighted by atomic mass is 9.84. The highest BCUT2D eigenvalue weighted by Crippen LogP contribution is 2.46. The molecule has 1 aliphatic heterocycles. The number of nitrogens with zero attached hydrogens (tertiary/aromatic N) is 3. The zero-order chi connectivity index (χ0) is 23.5. The SMILES string of the molecule is N#CC1(c2ccccc2)C(=NC(=O)c2ccccc2)c2ccccc2N1C(=O)c1ccccc1. The minimum absolute atomic E-state index is 0.231. The summed E-state index contributed by atoms with van der Waals surface area (Å²) in [6.07, 6.45) is 0. The molecule has 4 aromatic carbocycles. The number of anilines is 1. The molecular formula is C29H19N3O2. The number of benzene rings is 4. The van der Waals surface area contributed by atoms with E-state index >= 15 is 0 Å². The van der Waals surface area contributed by atoms with E-state index in [4.69, 9.17) is 0 Å². The van der Waals surface area contributed by atoms with E-state index in [1.165, 1.54) is 4.90 Å². The fourth-order valence-corrected chi connectivity index (χ4v) is 4.32. The molecule has 1 aliphatic rings. The molecule has 0 spiro atoms. The summed E-state index contributed by atoms with van der Waals surface area (Å²) in [5, 5.41) is 10.7. The Morgan fingerprint density at radius 3 is 1.85 bits per heavy atom. The predicted octanol–water partition coefficient (Wildman–Crippen LogP) is 5.40. The summed E-state index contributed by atoms with van der Waals surface area (Å²) in [5.74, 6) is -0.828. The zero-order valence-corrected chi connectivity index (χ0v) is 18.1. The van der Waals surface area contributed by atoms with Gasteiger partial charge in [0.2, 0.25) is 5.54 Å². The van der Waals surface area contributed by atoms with Gasteiger partial charge < -0.3 is 0 Å². The van der Waals surface area contributed by atoms with Crippen LogP contribution in [0.2, 0.25) is 0 Å². The number of hydrogen-bond acceptors (Lipinski definition) is 3. The van der Waals surface area contributed by atoms with Crippen molar-refractivity contribution >= 4 is 23.2 Å². The number of nitriles is 1. The molecule has 0 radical (unpaired) electrons. The van der Waals surface area contributed by atoms with E-state index in [9.17, 15) is 14.9 Å². The summed E-state index contributed by atoms with van der Waals surface area (Å²) in [7, 11) is 0. The van der Waals surface area contributed by atoms with Crippen molar-refractivity contribution in [1.29, 1.82) is 5.26 Å². The van der Waals surface area contributed by atoms with Crippen molar-refractivity contribution in [2.24, 2.45) is 4.99 Å². The van der Waals surface area contributed by atoms with Crippen molar-refractivity contribution < 1.29 is 9.59 Å². The first-order valence-electron chi connectivity index (χ1n) is 10.8. The van der Waals surface area contributed by atoms with Gasteiger partial charge in [-0.2, -0.15) is 5.26 Å². The molecule has 5 rings (SSSR count). The van der Waals surface area contributed by atoms with Crippen LogP contribution in [0.5, 0.6) is 0 Å². The number of rotatable bonds is 3. The molecule has 0 saturated carbocycles. The average Bonchev–Trinajstić information content (AvgIpc) is 3.20. The molecule has 162 valence electrons. The standard InChI is InChI=1S/C29H19N3O2/c30-20-29(23-16-8-3-9-17-23)26(31-27(33)21-12-4-1-5-13-21)24-18-10-11-19-25(24)32(29)28(34)22-14-6-2-7-15-22/h1-19H. The van der Waals surface area contributed by atoms with Crippen LogP contribution in [0.3, 0.4) is 0 Å². The maximum atomic E-state index is 13.9. The summed E-state index contributed by atoms with van der Waals surface area (Å²) in [5.41, 5.74) is 1.10. The molecule has 34 heavy (non-hydrogen) atoms. The van der Waals surface area contributed by atoms with Gasteiger partial charge in [-0.25, -0.2) is 4.99 Å². The molecule has 0 aromatic heterocycles. The maximum absolute atomic E-state index is 13.9. The first-order chi connectivity index (χ1) is 16.7. The third-order valence-corrected chi connectivity index (χ3v) is 5.89. The van der Waals surface area contributed by atoms with E-state index in [0.29, 0.717) is 27.9 Å². The third kappa shape index (κ3) is 3.30. The third-order valence-electron chi connectivity index (χ3n) is 5.89. The van der Waals surface area contributed by atoms with E-state index in [2.05, 4.69) is 11.1 Å². The summed E-state index contributed by atoms with van der Waals surface area (Å²) < 4.78 is 0. The lowest BCUT2D eigenvalue weighted by molar-refractivity contribution is 0.0971. The van der Waals surface area contributed by atoms with Gasteiger partial charge in [0.25, 0.3) is 11.8 Å². The molecule has 0 fully saturated rings. The van der Waals surface area contributed by atoms with E-state index in [0.717, 1.165) is 0 Å². The minimum atomic E-state index is -1.62. The Morgan fingerprint density at radius 2 is 1.24 bits per heavy atom. The highest BCUT2D eigenvalue weighted by atomic mass is 16.2. The average molecular weight is 441 g/mol. The van der Waals surface area contributed by atoms with Crippen molar-refractivity contribution in [2.75, 3.05) is 4.90 Å². The van der Waals surface area contributed by atoms with Crippen molar-refractivity contribution in [1.82, 2.24) is 0 Å². The molecule has 1 atom stereocenters. The number of aliphatic imine (C=N–C) groups is 1. The Labute approximate surface area is 197 Å². The predicted molar refractivity (Wildman–Crippen MR) is 131 cm³/mol. The van der Waals surface area contributed by atoms with Gasteiger partial charge in [0, 0.05) is 16.7 Å². The van der Waals surface area contributed by atoms with Crippen LogP contribution in [0, 0.1) is 11.3 Å². The van der Waals surface area contributed by atoms with Crippen LogP contribution in [0.4, 0.5) is 5.69 Å². The first kappa shape index (κ1) is 21.0. The van der Waals surface area contributed by atoms with Crippen molar-refractivity contribution in [2.45, 2.75) is 5.54 Å². The molecule has 0 aliphatic carbocycles. The lowest BCUT2D eigenvalue weighted by Gasteiger charge is -2.33. The van der Waals surface area contributed by atoms with Gasteiger partial charge in [0.15, 0.2) is 0 Å². The van der Waals surface area contributed by atoms with Gasteiger partial charge >= 0.3 is 0 Å². The molecule has 4 aromatic rings. The lowest BCUT2D eigenvalue weighted by Crippen LogP contribution is -2.50. The highest BCUT2D eigenvalue weighted by Gasteiger charge is 2.54. The second-order valence-electron chi connectivity index (χ2n) is 7.84. The monoisotopic (exact) mass is 441 g/mol. The summed E-state index contributed by atoms with van der Waals surface area (Å²) >= 11 is 0. The summed E-state index contributed by atoms with van der Waals surface area (Å²) in [6.45, 7) is 0. The Hall–Kier alpha value is -4.82. The number of carbonyl (C=O) groups excluding carboxylic acids is 2. The normalized spacial score (nSPS) is 17.7.